The molecule has 7 N–H and O–H groups in total. The number of fused-ring (bicyclic) bond motifs is 1. The summed E-state index contributed by atoms with van der Waals surface area (Å²) >= 11 is 0. The van der Waals surface area contributed by atoms with Crippen LogP contribution in [0.4, 0.5) is 5.95 Å². The molecule has 0 amide bonds. The normalized spacial score (nSPS) is 22.6. The van der Waals surface area contributed by atoms with E-state index in [1.807, 2.05) is 0 Å². The highest BCUT2D eigenvalue weighted by Crippen LogP contribution is 2.32. The summed E-state index contributed by atoms with van der Waals surface area (Å²) in [7, 11) is 0. The van der Waals surface area contributed by atoms with Crippen molar-refractivity contribution < 1.29 is 34.8 Å². The zero-order valence-electron chi connectivity index (χ0n) is 15.7. The lowest BCUT2D eigenvalue weighted by Gasteiger charge is -2.32. The van der Waals surface area contributed by atoms with Crippen molar-refractivity contribution in [2.75, 3.05) is 18.8 Å². The van der Waals surface area contributed by atoms with Gasteiger partial charge in [-0.3, -0.25) is 28.8 Å². The first kappa shape index (κ1) is 21.6. The molecule has 0 aliphatic carbocycles. The molecule has 1 aliphatic rings. The molecule has 1 fully saturated rings. The van der Waals surface area contributed by atoms with Gasteiger partial charge >= 0.3 is 11.9 Å². The lowest BCUT2D eigenvalue weighted by molar-refractivity contribution is -0.149. The minimum atomic E-state index is -1.46. The fourth-order valence-corrected chi connectivity index (χ4v) is 3.33. The predicted molar refractivity (Wildman–Crippen MR) is 99.2 cm³/mol. The van der Waals surface area contributed by atoms with Gasteiger partial charge in [-0.05, 0) is 0 Å². The third-order valence-corrected chi connectivity index (χ3v) is 4.79. The topological polar surface area (TPSA) is 217 Å². The predicted octanol–water partition coefficient (Wildman–Crippen LogP) is -2.08. The van der Waals surface area contributed by atoms with E-state index in [1.165, 1.54) is 15.8 Å². The number of carboxylic acids is 2. The second-order valence-electron chi connectivity index (χ2n) is 6.87. The third-order valence-electron chi connectivity index (χ3n) is 4.79. The van der Waals surface area contributed by atoms with E-state index >= 15 is 0 Å². The Morgan fingerprint density at radius 3 is 2.57 bits per heavy atom. The van der Waals surface area contributed by atoms with Gasteiger partial charge in [-0.1, -0.05) is 0 Å². The van der Waals surface area contributed by atoms with Gasteiger partial charge in [-0.25, -0.2) is 4.98 Å². The Morgan fingerprint density at radius 2 is 1.97 bits per heavy atom. The molecule has 14 heteroatoms. The number of rotatable bonds is 9. The Morgan fingerprint density at radius 1 is 1.33 bits per heavy atom. The first-order chi connectivity index (χ1) is 14.2. The van der Waals surface area contributed by atoms with Crippen LogP contribution in [-0.4, -0.2) is 88.3 Å². The molecule has 30 heavy (non-hydrogen) atoms. The van der Waals surface area contributed by atoms with Crippen LogP contribution in [0, 0.1) is 0 Å². The molecule has 2 aromatic rings. The average molecular weight is 426 g/mol. The highest BCUT2D eigenvalue weighted by atomic mass is 16.5. The lowest BCUT2D eigenvalue weighted by atomic mass is 10.1. The molecule has 0 radical (unpaired) electrons. The average Bonchev–Trinajstić information content (AvgIpc) is 3.24. The standard InChI is InChI=1S/C16H22N6O8/c17-16-19-13-11(14(28)20-16)18-6-22(13)8-5-7(23)12(30-8)15(29)21(3-1-9(24)25)4-2-10(26)27/h6-8,12,15,23,29H,1-5H2,(H,24,25)(H,26,27)(H3,17,19,20,28)/t7-,8+,12-,15?/m0/s1. The minimum absolute atomic E-state index is 0.0211. The Labute approximate surface area is 168 Å². The molecule has 0 saturated carbocycles. The molecule has 0 bridgehead atoms. The summed E-state index contributed by atoms with van der Waals surface area (Å²) in [5, 5.41) is 38.9. The lowest BCUT2D eigenvalue weighted by Crippen LogP contribution is -2.48. The SMILES string of the molecule is Nc1nc2c(ncn2[C@H]2C[C@H](O)[C@@H](C(O)N(CCC(=O)O)CCC(=O)O)O2)c(=O)[nH]1. The largest absolute Gasteiger partial charge is 0.481 e. The number of nitrogens with two attached hydrogens (primary N) is 1. The van der Waals surface area contributed by atoms with E-state index in [1.54, 1.807) is 0 Å². The van der Waals surface area contributed by atoms with Crippen molar-refractivity contribution in [3.05, 3.63) is 16.7 Å². The minimum Gasteiger partial charge on any atom is -0.481 e. The van der Waals surface area contributed by atoms with Crippen molar-refractivity contribution in [2.24, 2.45) is 0 Å². The molecular weight excluding hydrogens is 404 g/mol. The van der Waals surface area contributed by atoms with Crippen LogP contribution in [-0.2, 0) is 14.3 Å². The number of nitrogens with zero attached hydrogens (tertiary/aromatic N) is 4. The highest BCUT2D eigenvalue weighted by molar-refractivity contribution is 5.70. The molecule has 4 atom stereocenters. The van der Waals surface area contributed by atoms with Crippen LogP contribution in [0.25, 0.3) is 11.2 Å². The number of ether oxygens (including phenoxy) is 1. The number of nitrogen functional groups attached to an aromatic ring is 1. The van der Waals surface area contributed by atoms with E-state index < -0.39 is 42.2 Å². The van der Waals surface area contributed by atoms with Gasteiger partial charge in [0.25, 0.3) is 5.56 Å². The van der Waals surface area contributed by atoms with E-state index in [9.17, 15) is 24.6 Å². The number of imidazole rings is 1. The number of aromatic amines is 1. The number of anilines is 1. The van der Waals surface area contributed by atoms with Crippen LogP contribution in [0.15, 0.2) is 11.1 Å². The quantitative estimate of drug-likeness (QED) is 0.238. The number of hydrogen-bond donors (Lipinski definition) is 6. The zero-order valence-corrected chi connectivity index (χ0v) is 15.7. The number of carbonyl (C=O) groups is 2. The maximum atomic E-state index is 11.9. The molecule has 3 rings (SSSR count). The van der Waals surface area contributed by atoms with Gasteiger partial charge in [-0.2, -0.15) is 4.98 Å². The van der Waals surface area contributed by atoms with E-state index in [2.05, 4.69) is 15.0 Å². The van der Waals surface area contributed by atoms with E-state index in [4.69, 9.17) is 20.7 Å². The number of aliphatic hydroxyl groups excluding tert-OH is 2. The van der Waals surface area contributed by atoms with E-state index in [0.717, 1.165) is 0 Å². The van der Waals surface area contributed by atoms with E-state index in [-0.39, 0.29) is 49.5 Å². The second-order valence-corrected chi connectivity index (χ2v) is 6.87. The summed E-state index contributed by atoms with van der Waals surface area (Å²) in [6, 6.07) is 0. The van der Waals surface area contributed by atoms with Gasteiger partial charge < -0.3 is 30.9 Å². The Hall–Kier alpha value is -3.07. The van der Waals surface area contributed by atoms with Crippen LogP contribution < -0.4 is 11.3 Å². The maximum absolute atomic E-state index is 11.9. The second kappa shape index (κ2) is 8.74. The zero-order chi connectivity index (χ0) is 22.0. The van der Waals surface area contributed by atoms with Gasteiger partial charge in [-0.15, -0.1) is 0 Å². The van der Waals surface area contributed by atoms with Crippen LogP contribution in [0.3, 0.4) is 0 Å². The first-order valence-corrected chi connectivity index (χ1v) is 9.09. The van der Waals surface area contributed by atoms with Crippen molar-refractivity contribution in [2.45, 2.75) is 43.9 Å². The fourth-order valence-electron chi connectivity index (χ4n) is 3.33. The Balaban J connectivity index is 1.79. The number of aliphatic hydroxyl groups is 2. The van der Waals surface area contributed by atoms with Gasteiger partial charge in [0.2, 0.25) is 5.95 Å². The molecule has 1 saturated heterocycles. The molecule has 1 unspecified atom stereocenters. The molecule has 0 aromatic carbocycles. The summed E-state index contributed by atoms with van der Waals surface area (Å²) in [4.78, 5) is 45.2. The molecule has 3 heterocycles. The number of aliphatic carboxylic acids is 2. The smallest absolute Gasteiger partial charge is 0.304 e. The number of nitrogens with one attached hydrogen (secondary N) is 1. The number of carboxylic acid groups (broad SMARTS) is 2. The van der Waals surface area contributed by atoms with Gasteiger partial charge in [0.15, 0.2) is 11.2 Å². The molecule has 2 aromatic heterocycles. The Kier molecular flexibility index (Phi) is 6.31. The summed E-state index contributed by atoms with van der Waals surface area (Å²) in [5.41, 5.74) is 5.19. The van der Waals surface area contributed by atoms with Crippen LogP contribution in [0.1, 0.15) is 25.5 Å². The van der Waals surface area contributed by atoms with Gasteiger partial charge in [0.05, 0.1) is 25.3 Å². The number of hydrogen-bond acceptors (Lipinski definition) is 10. The number of aromatic nitrogens is 4. The number of H-pyrrole nitrogens is 1. The van der Waals surface area contributed by atoms with E-state index in [0.29, 0.717) is 0 Å². The van der Waals surface area contributed by atoms with Crippen molar-refractivity contribution in [1.29, 1.82) is 0 Å². The molecule has 164 valence electrons. The molecule has 14 nitrogen and oxygen atoms in total. The van der Waals surface area contributed by atoms with Crippen LogP contribution in [0.5, 0.6) is 0 Å². The first-order valence-electron chi connectivity index (χ1n) is 9.09. The van der Waals surface area contributed by atoms with Crippen molar-refractivity contribution in [3.8, 4) is 0 Å². The van der Waals surface area contributed by atoms with Crippen LogP contribution >= 0.6 is 0 Å². The molecule has 1 aliphatic heterocycles. The monoisotopic (exact) mass is 426 g/mol. The maximum Gasteiger partial charge on any atom is 0.304 e. The highest BCUT2D eigenvalue weighted by Gasteiger charge is 2.42. The summed E-state index contributed by atoms with van der Waals surface area (Å²) < 4.78 is 7.15. The third kappa shape index (κ3) is 4.56. The fraction of sp³-hybridized carbons (Fsp3) is 0.562. The Bertz CT molecular complexity index is 972. The summed E-state index contributed by atoms with van der Waals surface area (Å²) in [6.07, 6.45) is -3.95. The summed E-state index contributed by atoms with van der Waals surface area (Å²) in [5.74, 6) is -2.36. The molecule has 0 spiro atoms. The van der Waals surface area contributed by atoms with Crippen molar-refractivity contribution >= 4 is 29.1 Å². The van der Waals surface area contributed by atoms with Gasteiger partial charge in [0.1, 0.15) is 18.6 Å². The van der Waals surface area contributed by atoms with Crippen molar-refractivity contribution in [3.63, 3.8) is 0 Å². The van der Waals surface area contributed by atoms with Gasteiger partial charge in [0, 0.05) is 19.5 Å². The van der Waals surface area contributed by atoms with Crippen LogP contribution in [0.2, 0.25) is 0 Å². The molecular formula is C16H22N6O8. The summed E-state index contributed by atoms with van der Waals surface area (Å²) in [6.45, 7) is -0.273. The van der Waals surface area contributed by atoms with Crippen molar-refractivity contribution in [1.82, 2.24) is 24.4 Å².